The standard InChI is InChI=1S/C11H11IN2O3S/c1-15-7-4-6(10-13-14-11(12)18-10)5-8(16-2)9(7)17-3/h4-5H,1-3H3. The summed E-state index contributed by atoms with van der Waals surface area (Å²) in [5, 5.41) is 8.91. The van der Waals surface area contributed by atoms with Crippen LogP contribution in [0.1, 0.15) is 0 Å². The molecule has 0 atom stereocenters. The molecule has 2 aromatic rings. The molecular formula is C11H11IN2O3S. The first-order valence-corrected chi connectivity index (χ1v) is 6.88. The molecule has 0 aliphatic heterocycles. The van der Waals surface area contributed by atoms with E-state index in [1.54, 1.807) is 21.3 Å². The van der Waals surface area contributed by atoms with Gasteiger partial charge in [0.05, 0.1) is 21.3 Å². The average Bonchev–Trinajstić information content (AvgIpc) is 2.83. The first-order valence-electron chi connectivity index (χ1n) is 4.99. The number of nitrogens with zero attached hydrogens (tertiary/aromatic N) is 2. The molecule has 0 radical (unpaired) electrons. The fraction of sp³-hybridized carbons (Fsp3) is 0.273. The van der Waals surface area contributed by atoms with Crippen LogP contribution in [0.2, 0.25) is 0 Å². The van der Waals surface area contributed by atoms with Crippen LogP contribution < -0.4 is 14.2 Å². The van der Waals surface area contributed by atoms with Crippen LogP contribution in [0, 0.1) is 3.01 Å². The zero-order chi connectivity index (χ0) is 13.1. The predicted octanol–water partition coefficient (Wildman–Crippen LogP) is 2.84. The van der Waals surface area contributed by atoms with E-state index >= 15 is 0 Å². The summed E-state index contributed by atoms with van der Waals surface area (Å²) in [6, 6.07) is 3.72. The molecule has 0 aliphatic rings. The quantitative estimate of drug-likeness (QED) is 0.766. The van der Waals surface area contributed by atoms with Gasteiger partial charge in [0, 0.05) is 5.56 Å². The smallest absolute Gasteiger partial charge is 0.203 e. The maximum absolute atomic E-state index is 5.30. The summed E-state index contributed by atoms with van der Waals surface area (Å²) in [6.07, 6.45) is 0. The normalized spacial score (nSPS) is 10.2. The van der Waals surface area contributed by atoms with Crippen molar-refractivity contribution < 1.29 is 14.2 Å². The highest BCUT2D eigenvalue weighted by molar-refractivity contribution is 14.1. The van der Waals surface area contributed by atoms with E-state index < -0.39 is 0 Å². The van der Waals surface area contributed by atoms with Gasteiger partial charge in [-0.05, 0) is 34.7 Å². The first kappa shape index (κ1) is 13.3. The molecule has 1 aromatic heterocycles. The van der Waals surface area contributed by atoms with E-state index in [2.05, 4.69) is 32.8 Å². The number of benzene rings is 1. The van der Waals surface area contributed by atoms with Gasteiger partial charge in [-0.25, -0.2) is 0 Å². The van der Waals surface area contributed by atoms with Gasteiger partial charge in [0.1, 0.15) is 5.01 Å². The van der Waals surface area contributed by atoms with Crippen LogP contribution in [0.15, 0.2) is 12.1 Å². The van der Waals surface area contributed by atoms with E-state index in [0.29, 0.717) is 17.2 Å². The zero-order valence-corrected chi connectivity index (χ0v) is 13.0. The van der Waals surface area contributed by atoms with Crippen molar-refractivity contribution in [3.8, 4) is 27.8 Å². The third-order valence-corrected chi connectivity index (χ3v) is 3.95. The molecule has 0 saturated carbocycles. The van der Waals surface area contributed by atoms with E-state index in [4.69, 9.17) is 14.2 Å². The fourth-order valence-electron chi connectivity index (χ4n) is 1.53. The van der Waals surface area contributed by atoms with Gasteiger partial charge < -0.3 is 14.2 Å². The molecule has 0 saturated heterocycles. The minimum absolute atomic E-state index is 0.572. The molecule has 18 heavy (non-hydrogen) atoms. The number of methoxy groups -OCH3 is 3. The fourth-order valence-corrected chi connectivity index (χ4v) is 2.82. The van der Waals surface area contributed by atoms with Gasteiger partial charge in [0.2, 0.25) is 5.75 Å². The molecule has 0 N–H and O–H groups in total. The minimum Gasteiger partial charge on any atom is -0.493 e. The highest BCUT2D eigenvalue weighted by Gasteiger charge is 2.15. The topological polar surface area (TPSA) is 53.5 Å². The molecule has 1 heterocycles. The zero-order valence-electron chi connectivity index (χ0n) is 10.1. The molecule has 0 fully saturated rings. The molecule has 96 valence electrons. The summed E-state index contributed by atoms with van der Waals surface area (Å²) in [7, 11) is 4.75. The number of halogens is 1. The van der Waals surface area contributed by atoms with Crippen molar-refractivity contribution in [3.63, 3.8) is 0 Å². The molecule has 0 bridgehead atoms. The van der Waals surface area contributed by atoms with Crippen LogP contribution in [-0.2, 0) is 0 Å². The molecule has 0 amide bonds. The molecule has 0 unspecified atom stereocenters. The molecule has 2 rings (SSSR count). The number of aromatic nitrogens is 2. The van der Waals surface area contributed by atoms with E-state index in [-0.39, 0.29) is 0 Å². The largest absolute Gasteiger partial charge is 0.493 e. The Labute approximate surface area is 122 Å². The number of rotatable bonds is 4. The van der Waals surface area contributed by atoms with Gasteiger partial charge >= 0.3 is 0 Å². The molecule has 5 nitrogen and oxygen atoms in total. The Balaban J connectivity index is 2.56. The molecular weight excluding hydrogens is 367 g/mol. The lowest BCUT2D eigenvalue weighted by Gasteiger charge is -2.12. The van der Waals surface area contributed by atoms with E-state index in [1.807, 2.05) is 12.1 Å². The van der Waals surface area contributed by atoms with E-state index in [1.165, 1.54) is 11.3 Å². The summed E-state index contributed by atoms with van der Waals surface area (Å²) < 4.78 is 16.8. The van der Waals surface area contributed by atoms with Crippen molar-refractivity contribution in [2.24, 2.45) is 0 Å². The van der Waals surface area contributed by atoms with Crippen LogP contribution in [0.25, 0.3) is 10.6 Å². The minimum atomic E-state index is 0.572. The Bertz CT molecular complexity index is 534. The Hall–Kier alpha value is -1.09. The van der Waals surface area contributed by atoms with Gasteiger partial charge in [-0.3, -0.25) is 0 Å². The average molecular weight is 378 g/mol. The summed E-state index contributed by atoms with van der Waals surface area (Å²) in [4.78, 5) is 0. The van der Waals surface area contributed by atoms with Crippen LogP contribution in [0.5, 0.6) is 17.2 Å². The summed E-state index contributed by atoms with van der Waals surface area (Å²) in [5.74, 6) is 1.79. The second-order valence-corrected chi connectivity index (χ2v) is 6.01. The molecule has 1 aromatic carbocycles. The SMILES string of the molecule is COc1cc(-c2nnc(I)s2)cc(OC)c1OC. The first-order chi connectivity index (χ1) is 8.69. The Morgan fingerprint density at radius 3 is 2.00 bits per heavy atom. The second-order valence-electron chi connectivity index (χ2n) is 3.27. The lowest BCUT2D eigenvalue weighted by atomic mass is 10.2. The van der Waals surface area contributed by atoms with E-state index in [9.17, 15) is 0 Å². The van der Waals surface area contributed by atoms with Crippen molar-refractivity contribution >= 4 is 33.9 Å². The Kier molecular flexibility index (Phi) is 4.23. The summed E-state index contributed by atoms with van der Waals surface area (Å²) in [6.45, 7) is 0. The third-order valence-electron chi connectivity index (χ3n) is 2.31. The van der Waals surface area contributed by atoms with Crippen molar-refractivity contribution in [2.45, 2.75) is 0 Å². The highest BCUT2D eigenvalue weighted by Crippen LogP contribution is 2.41. The lowest BCUT2D eigenvalue weighted by Crippen LogP contribution is -1.95. The van der Waals surface area contributed by atoms with Crippen LogP contribution in [-0.4, -0.2) is 31.5 Å². The number of hydrogen-bond acceptors (Lipinski definition) is 6. The molecule has 0 spiro atoms. The molecule has 0 aliphatic carbocycles. The summed E-state index contributed by atoms with van der Waals surface area (Å²) >= 11 is 3.64. The van der Waals surface area contributed by atoms with Gasteiger partial charge in [-0.1, -0.05) is 11.3 Å². The predicted molar refractivity (Wildman–Crippen MR) is 77.7 cm³/mol. The monoisotopic (exact) mass is 378 g/mol. The lowest BCUT2D eigenvalue weighted by molar-refractivity contribution is 0.324. The maximum Gasteiger partial charge on any atom is 0.203 e. The summed E-state index contributed by atoms with van der Waals surface area (Å²) in [5.41, 5.74) is 0.893. The molecule has 7 heteroatoms. The Morgan fingerprint density at radius 2 is 1.61 bits per heavy atom. The van der Waals surface area contributed by atoms with Crippen molar-refractivity contribution in [3.05, 3.63) is 15.1 Å². The van der Waals surface area contributed by atoms with Crippen molar-refractivity contribution in [2.75, 3.05) is 21.3 Å². The van der Waals surface area contributed by atoms with E-state index in [0.717, 1.165) is 13.6 Å². The van der Waals surface area contributed by atoms with Gasteiger partial charge in [-0.2, -0.15) is 0 Å². The maximum atomic E-state index is 5.30. The third kappa shape index (κ3) is 2.51. The van der Waals surface area contributed by atoms with Crippen molar-refractivity contribution in [1.29, 1.82) is 0 Å². The number of ether oxygens (including phenoxy) is 3. The number of hydrogen-bond donors (Lipinski definition) is 0. The van der Waals surface area contributed by atoms with Crippen LogP contribution in [0.3, 0.4) is 0 Å². The highest BCUT2D eigenvalue weighted by atomic mass is 127. The van der Waals surface area contributed by atoms with Gasteiger partial charge in [0.25, 0.3) is 0 Å². The van der Waals surface area contributed by atoms with Gasteiger partial charge in [-0.15, -0.1) is 10.2 Å². The van der Waals surface area contributed by atoms with Crippen LogP contribution >= 0.6 is 33.9 Å². The Morgan fingerprint density at radius 1 is 1.00 bits per heavy atom. The van der Waals surface area contributed by atoms with Gasteiger partial charge in [0.15, 0.2) is 14.5 Å². The van der Waals surface area contributed by atoms with Crippen LogP contribution in [0.4, 0.5) is 0 Å². The second kappa shape index (κ2) is 5.70. The van der Waals surface area contributed by atoms with Crippen molar-refractivity contribution in [1.82, 2.24) is 10.2 Å².